The SMILES string of the molecule is CNc1cc(-n2cccn2)nc(C)n1. The maximum atomic E-state index is 4.27. The maximum absolute atomic E-state index is 4.27. The van der Waals surface area contributed by atoms with Crippen LogP contribution >= 0.6 is 0 Å². The van der Waals surface area contributed by atoms with Crippen LogP contribution in [0.4, 0.5) is 5.82 Å². The van der Waals surface area contributed by atoms with E-state index in [1.807, 2.05) is 32.3 Å². The lowest BCUT2D eigenvalue weighted by Gasteiger charge is -2.04. The van der Waals surface area contributed by atoms with Crippen LogP contribution in [-0.4, -0.2) is 26.8 Å². The fourth-order valence-electron chi connectivity index (χ4n) is 1.20. The Kier molecular flexibility index (Phi) is 2.14. The second-order valence-electron chi connectivity index (χ2n) is 2.86. The maximum Gasteiger partial charge on any atom is 0.159 e. The lowest BCUT2D eigenvalue weighted by atomic mass is 10.5. The number of hydrogen-bond acceptors (Lipinski definition) is 4. The van der Waals surface area contributed by atoms with Gasteiger partial charge in [0.25, 0.3) is 0 Å². The van der Waals surface area contributed by atoms with Crippen LogP contribution in [0.1, 0.15) is 5.82 Å². The summed E-state index contributed by atoms with van der Waals surface area (Å²) < 4.78 is 1.70. The second-order valence-corrected chi connectivity index (χ2v) is 2.86. The van der Waals surface area contributed by atoms with Gasteiger partial charge in [-0.25, -0.2) is 14.6 Å². The van der Waals surface area contributed by atoms with Crippen molar-refractivity contribution in [2.24, 2.45) is 0 Å². The average molecular weight is 189 g/mol. The molecule has 0 aliphatic rings. The molecule has 0 atom stereocenters. The molecular weight excluding hydrogens is 178 g/mol. The number of rotatable bonds is 2. The second kappa shape index (κ2) is 3.45. The quantitative estimate of drug-likeness (QED) is 0.766. The Morgan fingerprint density at radius 2 is 2.21 bits per heavy atom. The van der Waals surface area contributed by atoms with Gasteiger partial charge in [0.15, 0.2) is 5.82 Å². The smallest absolute Gasteiger partial charge is 0.159 e. The van der Waals surface area contributed by atoms with Crippen LogP contribution in [0, 0.1) is 6.92 Å². The van der Waals surface area contributed by atoms with Crippen LogP contribution in [-0.2, 0) is 0 Å². The van der Waals surface area contributed by atoms with E-state index in [1.54, 1.807) is 10.9 Å². The molecule has 72 valence electrons. The zero-order valence-corrected chi connectivity index (χ0v) is 8.10. The Morgan fingerprint density at radius 1 is 1.36 bits per heavy atom. The predicted molar refractivity (Wildman–Crippen MR) is 53.4 cm³/mol. The van der Waals surface area contributed by atoms with Crippen molar-refractivity contribution < 1.29 is 0 Å². The van der Waals surface area contributed by atoms with Gasteiger partial charge in [-0.05, 0) is 13.0 Å². The third-order valence-electron chi connectivity index (χ3n) is 1.82. The molecule has 2 aromatic heterocycles. The van der Waals surface area contributed by atoms with Crippen molar-refractivity contribution >= 4 is 5.82 Å². The first-order chi connectivity index (χ1) is 6.79. The summed E-state index contributed by atoms with van der Waals surface area (Å²) in [7, 11) is 1.83. The van der Waals surface area contributed by atoms with Gasteiger partial charge in [0, 0.05) is 25.5 Å². The Bertz CT molecular complexity index is 421. The largest absolute Gasteiger partial charge is 0.373 e. The van der Waals surface area contributed by atoms with Crippen molar-refractivity contribution in [3.8, 4) is 5.82 Å². The van der Waals surface area contributed by atoms with Gasteiger partial charge < -0.3 is 5.32 Å². The number of nitrogens with one attached hydrogen (secondary N) is 1. The van der Waals surface area contributed by atoms with E-state index < -0.39 is 0 Å². The molecule has 0 aromatic carbocycles. The van der Waals surface area contributed by atoms with Gasteiger partial charge >= 0.3 is 0 Å². The van der Waals surface area contributed by atoms with E-state index in [2.05, 4.69) is 20.4 Å². The number of aromatic nitrogens is 4. The number of nitrogens with zero attached hydrogens (tertiary/aromatic N) is 4. The van der Waals surface area contributed by atoms with Gasteiger partial charge in [-0.3, -0.25) is 0 Å². The minimum Gasteiger partial charge on any atom is -0.373 e. The summed E-state index contributed by atoms with van der Waals surface area (Å²) in [4.78, 5) is 8.47. The van der Waals surface area contributed by atoms with E-state index in [9.17, 15) is 0 Å². The summed E-state index contributed by atoms with van der Waals surface area (Å²) in [6.07, 6.45) is 3.57. The third kappa shape index (κ3) is 1.56. The number of hydrogen-bond donors (Lipinski definition) is 1. The van der Waals surface area contributed by atoms with Gasteiger partial charge in [0.05, 0.1) is 0 Å². The lowest BCUT2D eigenvalue weighted by Crippen LogP contribution is -2.03. The van der Waals surface area contributed by atoms with E-state index in [0.717, 1.165) is 17.5 Å². The molecule has 0 amide bonds. The van der Waals surface area contributed by atoms with Crippen molar-refractivity contribution in [1.29, 1.82) is 0 Å². The van der Waals surface area contributed by atoms with Crippen LogP contribution < -0.4 is 5.32 Å². The molecule has 14 heavy (non-hydrogen) atoms. The first-order valence-corrected chi connectivity index (χ1v) is 4.33. The van der Waals surface area contributed by atoms with Crippen LogP contribution in [0.3, 0.4) is 0 Å². The molecular formula is C9H11N5. The zero-order valence-electron chi connectivity index (χ0n) is 8.10. The van der Waals surface area contributed by atoms with E-state index in [4.69, 9.17) is 0 Å². The Balaban J connectivity index is 2.48. The van der Waals surface area contributed by atoms with Gasteiger partial charge in [-0.1, -0.05) is 0 Å². The minimum absolute atomic E-state index is 0.724. The Labute approximate surface area is 81.8 Å². The Morgan fingerprint density at radius 3 is 2.86 bits per heavy atom. The van der Waals surface area contributed by atoms with Crippen LogP contribution in [0.2, 0.25) is 0 Å². The molecule has 0 saturated heterocycles. The highest BCUT2D eigenvalue weighted by molar-refractivity contribution is 5.40. The molecule has 0 saturated carbocycles. The van der Waals surface area contributed by atoms with Crippen LogP contribution in [0.25, 0.3) is 5.82 Å². The molecule has 0 fully saturated rings. The topological polar surface area (TPSA) is 55.6 Å². The summed E-state index contributed by atoms with van der Waals surface area (Å²) >= 11 is 0. The highest BCUT2D eigenvalue weighted by Crippen LogP contribution is 2.08. The molecule has 2 heterocycles. The van der Waals surface area contributed by atoms with Gasteiger partial charge in [-0.15, -0.1) is 0 Å². The molecule has 5 heteroatoms. The molecule has 0 unspecified atom stereocenters. The zero-order chi connectivity index (χ0) is 9.97. The highest BCUT2D eigenvalue weighted by Gasteiger charge is 2.01. The van der Waals surface area contributed by atoms with Crippen molar-refractivity contribution in [1.82, 2.24) is 19.7 Å². The van der Waals surface area contributed by atoms with Gasteiger partial charge in [0.2, 0.25) is 0 Å². The van der Waals surface area contributed by atoms with Gasteiger partial charge in [-0.2, -0.15) is 5.10 Å². The summed E-state index contributed by atoms with van der Waals surface area (Å²) in [5, 5.41) is 7.08. The number of anilines is 1. The van der Waals surface area contributed by atoms with Gasteiger partial charge in [0.1, 0.15) is 11.6 Å². The minimum atomic E-state index is 0.724. The van der Waals surface area contributed by atoms with E-state index in [0.29, 0.717) is 0 Å². The summed E-state index contributed by atoms with van der Waals surface area (Å²) in [6.45, 7) is 1.86. The molecule has 5 nitrogen and oxygen atoms in total. The summed E-state index contributed by atoms with van der Waals surface area (Å²) in [5.41, 5.74) is 0. The number of aryl methyl sites for hydroxylation is 1. The molecule has 0 aliphatic carbocycles. The third-order valence-corrected chi connectivity index (χ3v) is 1.82. The van der Waals surface area contributed by atoms with Crippen molar-refractivity contribution in [2.45, 2.75) is 6.92 Å². The monoisotopic (exact) mass is 189 g/mol. The molecule has 2 aromatic rings. The summed E-state index contributed by atoms with van der Waals surface area (Å²) in [6, 6.07) is 3.70. The normalized spacial score (nSPS) is 10.1. The fraction of sp³-hybridized carbons (Fsp3) is 0.222. The van der Waals surface area contributed by atoms with E-state index >= 15 is 0 Å². The van der Waals surface area contributed by atoms with Crippen molar-refractivity contribution in [3.63, 3.8) is 0 Å². The summed E-state index contributed by atoms with van der Waals surface area (Å²) in [5.74, 6) is 2.29. The first kappa shape index (κ1) is 8.68. The highest BCUT2D eigenvalue weighted by atomic mass is 15.3. The van der Waals surface area contributed by atoms with E-state index in [-0.39, 0.29) is 0 Å². The molecule has 0 radical (unpaired) electrons. The van der Waals surface area contributed by atoms with Crippen molar-refractivity contribution in [2.75, 3.05) is 12.4 Å². The predicted octanol–water partition coefficient (Wildman–Crippen LogP) is 1.01. The molecule has 2 rings (SSSR count). The average Bonchev–Trinajstić information content (AvgIpc) is 2.69. The molecule has 0 aliphatic heterocycles. The first-order valence-electron chi connectivity index (χ1n) is 4.33. The standard InChI is InChI=1S/C9H11N5/c1-7-12-8(10-2)6-9(13-7)14-5-3-4-11-14/h3-6H,1-2H3,(H,10,12,13). The fourth-order valence-corrected chi connectivity index (χ4v) is 1.20. The Hall–Kier alpha value is -1.91. The molecule has 0 spiro atoms. The van der Waals surface area contributed by atoms with Crippen molar-refractivity contribution in [3.05, 3.63) is 30.4 Å². The lowest BCUT2D eigenvalue weighted by molar-refractivity contribution is 0.829. The van der Waals surface area contributed by atoms with Crippen LogP contribution in [0.5, 0.6) is 0 Å². The van der Waals surface area contributed by atoms with Crippen LogP contribution in [0.15, 0.2) is 24.5 Å². The van der Waals surface area contributed by atoms with E-state index in [1.165, 1.54) is 0 Å². The molecule has 1 N–H and O–H groups in total. The molecule has 0 bridgehead atoms.